The summed E-state index contributed by atoms with van der Waals surface area (Å²) in [5, 5.41) is 0.400. The number of nitrogens with zero attached hydrogens (tertiary/aromatic N) is 2. The molecule has 0 saturated heterocycles. The summed E-state index contributed by atoms with van der Waals surface area (Å²) >= 11 is 6.11. The molecule has 0 amide bonds. The van der Waals surface area contributed by atoms with Gasteiger partial charge in [-0.2, -0.15) is 0 Å². The summed E-state index contributed by atoms with van der Waals surface area (Å²) in [5.74, 6) is 1.35. The molecule has 0 aliphatic heterocycles. The van der Waals surface area contributed by atoms with E-state index in [0.29, 0.717) is 24.2 Å². The van der Waals surface area contributed by atoms with Gasteiger partial charge in [0.25, 0.3) is 0 Å². The van der Waals surface area contributed by atoms with Crippen LogP contribution in [0.4, 0.5) is 0 Å². The van der Waals surface area contributed by atoms with Crippen molar-refractivity contribution < 1.29 is 9.47 Å². The second-order valence-corrected chi connectivity index (χ2v) is 5.18. The molecule has 0 N–H and O–H groups in total. The lowest BCUT2D eigenvalue weighted by Crippen LogP contribution is -2.02. The molecule has 2 rings (SSSR count). The Morgan fingerprint density at radius 1 is 1.14 bits per heavy atom. The molecule has 5 heteroatoms. The lowest BCUT2D eigenvalue weighted by atomic mass is 10.0. The van der Waals surface area contributed by atoms with Crippen LogP contribution in [0.15, 0.2) is 18.2 Å². The molecule has 4 nitrogen and oxygen atoms in total. The van der Waals surface area contributed by atoms with Crippen LogP contribution in [-0.2, 0) is 11.3 Å². The Kier molecular flexibility index (Phi) is 5.15. The summed E-state index contributed by atoms with van der Waals surface area (Å²) in [7, 11) is 1.65. The quantitative estimate of drug-likeness (QED) is 0.784. The Labute approximate surface area is 130 Å². The first-order chi connectivity index (χ1) is 10.0. The maximum absolute atomic E-state index is 6.11. The van der Waals surface area contributed by atoms with Crippen molar-refractivity contribution in [1.82, 2.24) is 9.97 Å². The van der Waals surface area contributed by atoms with E-state index in [0.717, 1.165) is 28.1 Å². The monoisotopic (exact) mass is 306 g/mol. The number of hydrogen-bond donors (Lipinski definition) is 0. The molecule has 0 radical (unpaired) electrons. The summed E-state index contributed by atoms with van der Waals surface area (Å²) in [4.78, 5) is 8.73. The molecule has 0 saturated carbocycles. The molecule has 0 atom stereocenters. The maximum Gasteiger partial charge on any atom is 0.156 e. The van der Waals surface area contributed by atoms with E-state index in [9.17, 15) is 0 Å². The molecule has 0 aliphatic carbocycles. The fraction of sp³-hybridized carbons (Fsp3) is 0.375. The molecular weight excluding hydrogens is 288 g/mol. The largest absolute Gasteiger partial charge is 0.496 e. The number of ether oxygens (including phenoxy) is 2. The summed E-state index contributed by atoms with van der Waals surface area (Å²) in [6.45, 7) is 6.95. The Hall–Kier alpha value is -1.65. The van der Waals surface area contributed by atoms with Crippen LogP contribution in [0.3, 0.4) is 0 Å². The van der Waals surface area contributed by atoms with E-state index >= 15 is 0 Å². The smallest absolute Gasteiger partial charge is 0.156 e. The molecule has 1 aromatic carbocycles. The van der Waals surface area contributed by atoms with Crippen molar-refractivity contribution in [3.8, 4) is 17.0 Å². The van der Waals surface area contributed by atoms with Gasteiger partial charge in [-0.05, 0) is 38.0 Å². The predicted molar refractivity (Wildman–Crippen MR) is 83.8 cm³/mol. The fourth-order valence-electron chi connectivity index (χ4n) is 2.27. The third kappa shape index (κ3) is 3.71. The summed E-state index contributed by atoms with van der Waals surface area (Å²) in [6, 6.07) is 5.83. The first-order valence-electron chi connectivity index (χ1n) is 6.82. The molecule has 0 bridgehead atoms. The van der Waals surface area contributed by atoms with Gasteiger partial charge in [0.15, 0.2) is 5.82 Å². The van der Waals surface area contributed by atoms with Gasteiger partial charge in [-0.3, -0.25) is 0 Å². The average molecular weight is 307 g/mol. The van der Waals surface area contributed by atoms with Gasteiger partial charge in [0.2, 0.25) is 0 Å². The minimum absolute atomic E-state index is 0.345. The molecular formula is C16H19ClN2O2. The second-order valence-electron chi connectivity index (χ2n) is 4.79. The van der Waals surface area contributed by atoms with Gasteiger partial charge in [0.05, 0.1) is 12.8 Å². The third-order valence-electron chi connectivity index (χ3n) is 3.10. The number of hydrogen-bond acceptors (Lipinski definition) is 4. The van der Waals surface area contributed by atoms with Crippen LogP contribution in [-0.4, -0.2) is 23.7 Å². The van der Waals surface area contributed by atoms with E-state index < -0.39 is 0 Å². The van der Waals surface area contributed by atoms with Crippen LogP contribution < -0.4 is 4.74 Å². The Morgan fingerprint density at radius 2 is 1.90 bits per heavy atom. The Morgan fingerprint density at radius 3 is 2.57 bits per heavy atom. The summed E-state index contributed by atoms with van der Waals surface area (Å²) < 4.78 is 10.8. The van der Waals surface area contributed by atoms with Gasteiger partial charge in [0, 0.05) is 18.2 Å². The van der Waals surface area contributed by atoms with Crippen molar-refractivity contribution >= 4 is 11.6 Å². The van der Waals surface area contributed by atoms with Gasteiger partial charge in [-0.1, -0.05) is 17.7 Å². The summed E-state index contributed by atoms with van der Waals surface area (Å²) in [5.41, 5.74) is 3.91. The van der Waals surface area contributed by atoms with Crippen LogP contribution in [0.25, 0.3) is 11.3 Å². The minimum atomic E-state index is 0.345. The summed E-state index contributed by atoms with van der Waals surface area (Å²) in [6.07, 6.45) is 0. The van der Waals surface area contributed by atoms with Crippen LogP contribution in [0.1, 0.15) is 23.9 Å². The zero-order valence-corrected chi connectivity index (χ0v) is 13.5. The first-order valence-corrected chi connectivity index (χ1v) is 7.19. The standard InChI is InChI=1S/C16H19ClN2O2/c1-5-21-9-15-18-12(8-14(17)19-15)16-11(3)6-10(2)7-13(16)20-4/h6-8H,5,9H2,1-4H3. The SMILES string of the molecule is CCOCc1nc(Cl)cc(-c2c(C)cc(C)cc2OC)n1. The molecule has 112 valence electrons. The number of halogens is 1. The molecule has 21 heavy (non-hydrogen) atoms. The lowest BCUT2D eigenvalue weighted by Gasteiger charge is -2.13. The zero-order chi connectivity index (χ0) is 15.4. The van der Waals surface area contributed by atoms with Gasteiger partial charge < -0.3 is 9.47 Å². The number of rotatable bonds is 5. The normalized spacial score (nSPS) is 10.7. The molecule has 2 aromatic rings. The van der Waals surface area contributed by atoms with Gasteiger partial charge in [-0.15, -0.1) is 0 Å². The predicted octanol–water partition coefficient (Wildman–Crippen LogP) is 3.96. The Balaban J connectivity index is 2.53. The van der Waals surface area contributed by atoms with E-state index in [1.165, 1.54) is 0 Å². The maximum atomic E-state index is 6.11. The topological polar surface area (TPSA) is 44.2 Å². The van der Waals surface area contributed by atoms with Crippen LogP contribution in [0, 0.1) is 13.8 Å². The molecule has 0 aliphatic rings. The van der Waals surface area contributed by atoms with Crippen molar-refractivity contribution in [2.24, 2.45) is 0 Å². The average Bonchev–Trinajstić information content (AvgIpc) is 2.43. The van der Waals surface area contributed by atoms with Gasteiger partial charge in [-0.25, -0.2) is 9.97 Å². The van der Waals surface area contributed by atoms with Crippen molar-refractivity contribution in [1.29, 1.82) is 0 Å². The highest BCUT2D eigenvalue weighted by Gasteiger charge is 2.14. The number of aryl methyl sites for hydroxylation is 2. The van der Waals surface area contributed by atoms with E-state index in [1.807, 2.05) is 26.8 Å². The number of methoxy groups -OCH3 is 1. The Bertz CT molecular complexity index is 644. The van der Waals surface area contributed by atoms with Crippen molar-refractivity contribution in [3.63, 3.8) is 0 Å². The third-order valence-corrected chi connectivity index (χ3v) is 3.29. The molecule has 0 fully saturated rings. The van der Waals surface area contributed by atoms with Crippen molar-refractivity contribution in [2.75, 3.05) is 13.7 Å². The fourth-order valence-corrected chi connectivity index (χ4v) is 2.47. The second kappa shape index (κ2) is 6.87. The zero-order valence-electron chi connectivity index (χ0n) is 12.7. The van der Waals surface area contributed by atoms with E-state index in [4.69, 9.17) is 21.1 Å². The molecule has 1 aromatic heterocycles. The lowest BCUT2D eigenvalue weighted by molar-refractivity contribution is 0.128. The highest BCUT2D eigenvalue weighted by molar-refractivity contribution is 6.29. The minimum Gasteiger partial charge on any atom is -0.496 e. The van der Waals surface area contributed by atoms with Gasteiger partial charge >= 0.3 is 0 Å². The first kappa shape index (κ1) is 15.7. The molecule has 0 spiro atoms. The highest BCUT2D eigenvalue weighted by atomic mass is 35.5. The highest BCUT2D eigenvalue weighted by Crippen LogP contribution is 2.34. The van der Waals surface area contributed by atoms with Gasteiger partial charge in [0.1, 0.15) is 17.5 Å². The van der Waals surface area contributed by atoms with Crippen molar-refractivity contribution in [2.45, 2.75) is 27.4 Å². The number of benzene rings is 1. The molecule has 1 heterocycles. The van der Waals surface area contributed by atoms with Crippen LogP contribution >= 0.6 is 11.6 Å². The number of aromatic nitrogens is 2. The van der Waals surface area contributed by atoms with E-state index in [2.05, 4.69) is 16.0 Å². The van der Waals surface area contributed by atoms with E-state index in [1.54, 1.807) is 13.2 Å². The van der Waals surface area contributed by atoms with Crippen LogP contribution in [0.5, 0.6) is 5.75 Å². The van der Waals surface area contributed by atoms with E-state index in [-0.39, 0.29) is 0 Å². The molecule has 0 unspecified atom stereocenters. The van der Waals surface area contributed by atoms with Crippen LogP contribution in [0.2, 0.25) is 5.15 Å². The van der Waals surface area contributed by atoms with Crippen molar-refractivity contribution in [3.05, 3.63) is 40.3 Å².